The first-order chi connectivity index (χ1) is 9.57. The van der Waals surface area contributed by atoms with Gasteiger partial charge in [0, 0.05) is 12.0 Å². The first kappa shape index (κ1) is 14.6. The SMILES string of the molecule is O=C(O)CCc1ccc(C#CC2(O)CCCCC2)cc1. The van der Waals surface area contributed by atoms with Crippen LogP contribution in [0.1, 0.15) is 49.7 Å². The van der Waals surface area contributed by atoms with Gasteiger partial charge in [0.05, 0.1) is 0 Å². The van der Waals surface area contributed by atoms with Crippen molar-refractivity contribution < 1.29 is 15.0 Å². The van der Waals surface area contributed by atoms with E-state index in [0.29, 0.717) is 6.42 Å². The molecule has 1 fully saturated rings. The monoisotopic (exact) mass is 272 g/mol. The van der Waals surface area contributed by atoms with Crippen LogP contribution in [0.2, 0.25) is 0 Å². The second-order valence-electron chi connectivity index (χ2n) is 5.43. The fourth-order valence-electron chi connectivity index (χ4n) is 2.46. The zero-order valence-corrected chi connectivity index (χ0v) is 11.6. The van der Waals surface area contributed by atoms with E-state index in [0.717, 1.165) is 36.8 Å². The molecule has 1 aliphatic carbocycles. The average Bonchev–Trinajstić information content (AvgIpc) is 2.45. The predicted octanol–water partition coefficient (Wildman–Crippen LogP) is 2.75. The van der Waals surface area contributed by atoms with Gasteiger partial charge in [-0.05, 0) is 49.8 Å². The molecule has 0 saturated heterocycles. The molecule has 1 saturated carbocycles. The van der Waals surface area contributed by atoms with Crippen molar-refractivity contribution in [2.24, 2.45) is 0 Å². The second kappa shape index (κ2) is 6.58. The lowest BCUT2D eigenvalue weighted by Gasteiger charge is -2.26. The predicted molar refractivity (Wildman–Crippen MR) is 77.3 cm³/mol. The summed E-state index contributed by atoms with van der Waals surface area (Å²) >= 11 is 0. The van der Waals surface area contributed by atoms with E-state index in [1.165, 1.54) is 6.42 Å². The molecule has 2 rings (SSSR count). The Morgan fingerprint density at radius 2 is 1.80 bits per heavy atom. The molecular weight excluding hydrogens is 252 g/mol. The van der Waals surface area contributed by atoms with E-state index < -0.39 is 11.6 Å². The van der Waals surface area contributed by atoms with Crippen molar-refractivity contribution in [3.8, 4) is 11.8 Å². The third-order valence-electron chi connectivity index (χ3n) is 3.70. The van der Waals surface area contributed by atoms with Crippen LogP contribution in [0, 0.1) is 11.8 Å². The number of carboxylic acids is 1. The zero-order valence-electron chi connectivity index (χ0n) is 11.6. The van der Waals surface area contributed by atoms with Gasteiger partial charge in [0.15, 0.2) is 0 Å². The quantitative estimate of drug-likeness (QED) is 0.832. The number of carbonyl (C=O) groups is 1. The Labute approximate surface area is 119 Å². The molecule has 20 heavy (non-hydrogen) atoms. The third kappa shape index (κ3) is 4.40. The Balaban J connectivity index is 1.98. The van der Waals surface area contributed by atoms with Crippen LogP contribution >= 0.6 is 0 Å². The van der Waals surface area contributed by atoms with Crippen LogP contribution in [0.15, 0.2) is 24.3 Å². The van der Waals surface area contributed by atoms with Gasteiger partial charge in [0.2, 0.25) is 0 Å². The number of hydrogen-bond donors (Lipinski definition) is 2. The van der Waals surface area contributed by atoms with Gasteiger partial charge < -0.3 is 10.2 Å². The van der Waals surface area contributed by atoms with E-state index in [2.05, 4.69) is 11.8 Å². The average molecular weight is 272 g/mol. The van der Waals surface area contributed by atoms with E-state index in [9.17, 15) is 9.90 Å². The highest BCUT2D eigenvalue weighted by molar-refractivity contribution is 5.67. The second-order valence-corrected chi connectivity index (χ2v) is 5.43. The smallest absolute Gasteiger partial charge is 0.303 e. The molecule has 0 atom stereocenters. The van der Waals surface area contributed by atoms with Crippen molar-refractivity contribution in [3.05, 3.63) is 35.4 Å². The van der Waals surface area contributed by atoms with Crippen molar-refractivity contribution in [2.45, 2.75) is 50.5 Å². The molecule has 3 heteroatoms. The normalized spacial score (nSPS) is 17.1. The molecule has 0 spiro atoms. The standard InChI is InChI=1S/C17H20O3/c18-16(19)9-8-14-4-6-15(7-5-14)10-13-17(20)11-2-1-3-12-17/h4-7,20H,1-3,8-9,11-12H2,(H,18,19). The van der Waals surface area contributed by atoms with E-state index in [-0.39, 0.29) is 6.42 Å². The molecule has 1 aromatic carbocycles. The number of rotatable bonds is 3. The van der Waals surface area contributed by atoms with Crippen LogP contribution in [-0.2, 0) is 11.2 Å². The Morgan fingerprint density at radius 3 is 2.40 bits per heavy atom. The molecule has 0 bridgehead atoms. The van der Waals surface area contributed by atoms with E-state index >= 15 is 0 Å². The van der Waals surface area contributed by atoms with Gasteiger partial charge in [-0.1, -0.05) is 30.4 Å². The maximum Gasteiger partial charge on any atom is 0.303 e. The summed E-state index contributed by atoms with van der Waals surface area (Å²) in [5, 5.41) is 18.9. The maximum absolute atomic E-state index is 10.5. The van der Waals surface area contributed by atoms with Crippen LogP contribution in [0.25, 0.3) is 0 Å². The highest BCUT2D eigenvalue weighted by Crippen LogP contribution is 2.27. The van der Waals surface area contributed by atoms with E-state index in [4.69, 9.17) is 5.11 Å². The molecule has 0 heterocycles. The number of benzene rings is 1. The molecule has 0 unspecified atom stereocenters. The van der Waals surface area contributed by atoms with Crippen LogP contribution in [0.4, 0.5) is 0 Å². The minimum atomic E-state index is -0.819. The van der Waals surface area contributed by atoms with Gasteiger partial charge in [-0.3, -0.25) is 4.79 Å². The first-order valence-electron chi connectivity index (χ1n) is 7.14. The third-order valence-corrected chi connectivity index (χ3v) is 3.70. The fraction of sp³-hybridized carbons (Fsp3) is 0.471. The van der Waals surface area contributed by atoms with Crippen LogP contribution in [0.3, 0.4) is 0 Å². The minimum absolute atomic E-state index is 0.144. The Morgan fingerprint density at radius 1 is 1.15 bits per heavy atom. The van der Waals surface area contributed by atoms with Gasteiger partial charge in [0.25, 0.3) is 0 Å². The summed E-state index contributed by atoms with van der Waals surface area (Å²) in [5.41, 5.74) is 1.04. The topological polar surface area (TPSA) is 57.5 Å². The number of hydrogen-bond acceptors (Lipinski definition) is 2. The molecule has 0 aliphatic heterocycles. The molecule has 1 aromatic rings. The van der Waals surface area contributed by atoms with Gasteiger partial charge >= 0.3 is 5.97 Å². The fourth-order valence-corrected chi connectivity index (χ4v) is 2.46. The van der Waals surface area contributed by atoms with Gasteiger partial charge in [-0.2, -0.15) is 0 Å². The summed E-state index contributed by atoms with van der Waals surface area (Å²) in [6.07, 6.45) is 5.46. The molecular formula is C17H20O3. The first-order valence-corrected chi connectivity index (χ1v) is 7.14. The molecule has 0 radical (unpaired) electrons. The number of aliphatic carboxylic acids is 1. The Bertz CT molecular complexity index is 513. The summed E-state index contributed by atoms with van der Waals surface area (Å²) in [4.78, 5) is 10.5. The number of aryl methyl sites for hydroxylation is 1. The minimum Gasteiger partial charge on any atom is -0.481 e. The molecule has 0 amide bonds. The highest BCUT2D eigenvalue weighted by atomic mass is 16.4. The van der Waals surface area contributed by atoms with Gasteiger partial charge in [-0.25, -0.2) is 0 Å². The summed E-state index contributed by atoms with van der Waals surface area (Å²) < 4.78 is 0. The van der Waals surface area contributed by atoms with Gasteiger partial charge in [-0.15, -0.1) is 0 Å². The molecule has 2 N–H and O–H groups in total. The molecule has 106 valence electrons. The van der Waals surface area contributed by atoms with Crippen molar-refractivity contribution >= 4 is 5.97 Å². The summed E-state index contributed by atoms with van der Waals surface area (Å²) in [6, 6.07) is 7.57. The Kier molecular flexibility index (Phi) is 4.81. The molecule has 0 aromatic heterocycles. The zero-order chi connectivity index (χ0) is 14.4. The summed E-state index contributed by atoms with van der Waals surface area (Å²) in [5.74, 6) is 5.24. The van der Waals surface area contributed by atoms with Crippen LogP contribution < -0.4 is 0 Å². The number of carboxylic acid groups (broad SMARTS) is 1. The Hall–Kier alpha value is -1.79. The van der Waals surface area contributed by atoms with Crippen LogP contribution in [0.5, 0.6) is 0 Å². The lowest BCUT2D eigenvalue weighted by Crippen LogP contribution is -2.29. The molecule has 1 aliphatic rings. The van der Waals surface area contributed by atoms with E-state index in [1.807, 2.05) is 24.3 Å². The van der Waals surface area contributed by atoms with Crippen molar-refractivity contribution in [3.63, 3.8) is 0 Å². The highest BCUT2D eigenvalue weighted by Gasteiger charge is 2.26. The maximum atomic E-state index is 10.5. The lowest BCUT2D eigenvalue weighted by molar-refractivity contribution is -0.136. The number of aliphatic hydroxyl groups is 1. The summed E-state index contributed by atoms with van der Waals surface area (Å²) in [7, 11) is 0. The molecule has 3 nitrogen and oxygen atoms in total. The van der Waals surface area contributed by atoms with E-state index in [1.54, 1.807) is 0 Å². The summed E-state index contributed by atoms with van der Waals surface area (Å²) in [6.45, 7) is 0. The van der Waals surface area contributed by atoms with Crippen molar-refractivity contribution in [1.29, 1.82) is 0 Å². The van der Waals surface area contributed by atoms with Gasteiger partial charge in [0.1, 0.15) is 5.60 Å². The largest absolute Gasteiger partial charge is 0.481 e. The van der Waals surface area contributed by atoms with Crippen molar-refractivity contribution in [1.82, 2.24) is 0 Å². The van der Waals surface area contributed by atoms with Crippen LogP contribution in [-0.4, -0.2) is 21.8 Å². The van der Waals surface area contributed by atoms with Crippen molar-refractivity contribution in [2.75, 3.05) is 0 Å². The lowest BCUT2D eigenvalue weighted by atomic mass is 9.85.